The number of nitrogens with one attached hydrogen (secondary N) is 1. The number of hydrogen-bond acceptors (Lipinski definition) is 4. The molecule has 1 aliphatic heterocycles. The zero-order chi connectivity index (χ0) is 19.0. The van der Waals surface area contributed by atoms with Crippen molar-refractivity contribution in [2.75, 3.05) is 11.9 Å². The third kappa shape index (κ3) is 3.45. The molecule has 2 aromatic heterocycles. The van der Waals surface area contributed by atoms with Crippen molar-refractivity contribution in [2.24, 2.45) is 0 Å². The van der Waals surface area contributed by atoms with Gasteiger partial charge in [-0.2, -0.15) is 5.10 Å². The fourth-order valence-electron chi connectivity index (χ4n) is 3.71. The lowest BCUT2D eigenvalue weighted by molar-refractivity contribution is 0.199. The summed E-state index contributed by atoms with van der Waals surface area (Å²) < 4.78 is 7.13. The predicted molar refractivity (Wildman–Crippen MR) is 103 cm³/mol. The second-order valence-electron chi connectivity index (χ2n) is 7.06. The Morgan fingerprint density at radius 2 is 2.15 bits per heavy atom. The highest BCUT2D eigenvalue weighted by Crippen LogP contribution is 2.26. The summed E-state index contributed by atoms with van der Waals surface area (Å²) in [5.41, 5.74) is 2.58. The van der Waals surface area contributed by atoms with Crippen LogP contribution < -0.4 is 10.9 Å². The molecule has 4 rings (SSSR count). The molecule has 140 valence electrons. The van der Waals surface area contributed by atoms with Crippen molar-refractivity contribution in [3.05, 3.63) is 58.2 Å². The third-order valence-electron chi connectivity index (χ3n) is 5.13. The first-order valence-corrected chi connectivity index (χ1v) is 9.11. The Bertz CT molecular complexity index is 1040. The lowest BCUT2D eigenvalue weighted by Crippen LogP contribution is -2.41. The Labute approximate surface area is 156 Å². The molecule has 1 atom stereocenters. The van der Waals surface area contributed by atoms with E-state index in [9.17, 15) is 9.59 Å². The smallest absolute Gasteiger partial charge is 0.336 e. The van der Waals surface area contributed by atoms with Crippen LogP contribution in [0.3, 0.4) is 0 Å². The van der Waals surface area contributed by atoms with Gasteiger partial charge in [0.2, 0.25) is 0 Å². The van der Waals surface area contributed by atoms with E-state index in [-0.39, 0.29) is 17.7 Å². The first-order chi connectivity index (χ1) is 13.0. The molecule has 27 heavy (non-hydrogen) atoms. The quantitative estimate of drug-likeness (QED) is 0.721. The van der Waals surface area contributed by atoms with E-state index < -0.39 is 0 Å². The van der Waals surface area contributed by atoms with E-state index in [1.165, 1.54) is 6.07 Å². The molecule has 3 heterocycles. The van der Waals surface area contributed by atoms with Crippen LogP contribution in [0.25, 0.3) is 11.0 Å². The Hall–Kier alpha value is -3.09. The molecule has 1 aromatic carbocycles. The van der Waals surface area contributed by atoms with Crippen LogP contribution in [0.2, 0.25) is 0 Å². The number of urea groups is 1. The van der Waals surface area contributed by atoms with Gasteiger partial charge in [0.1, 0.15) is 5.58 Å². The van der Waals surface area contributed by atoms with Crippen molar-refractivity contribution in [3.8, 4) is 0 Å². The molecule has 1 fully saturated rings. The number of aryl methyl sites for hydroxylation is 2. The summed E-state index contributed by atoms with van der Waals surface area (Å²) in [6, 6.07) is 7.04. The van der Waals surface area contributed by atoms with E-state index in [0.29, 0.717) is 12.1 Å². The Morgan fingerprint density at radius 3 is 2.93 bits per heavy atom. The van der Waals surface area contributed by atoms with Crippen molar-refractivity contribution >= 4 is 22.7 Å². The highest BCUT2D eigenvalue weighted by atomic mass is 16.4. The minimum atomic E-state index is -0.366. The second kappa shape index (κ2) is 6.90. The predicted octanol–water partition coefficient (Wildman–Crippen LogP) is 3.30. The molecule has 7 nitrogen and oxygen atoms in total. The van der Waals surface area contributed by atoms with Crippen molar-refractivity contribution in [1.82, 2.24) is 14.7 Å². The zero-order valence-corrected chi connectivity index (χ0v) is 15.4. The fraction of sp³-hybridized carbons (Fsp3) is 0.350. The summed E-state index contributed by atoms with van der Waals surface area (Å²) in [4.78, 5) is 26.3. The molecular weight excluding hydrogens is 344 g/mol. The molecule has 0 bridgehead atoms. The first kappa shape index (κ1) is 17.3. The number of fused-ring (bicyclic) bond motifs is 1. The second-order valence-corrected chi connectivity index (χ2v) is 7.06. The monoisotopic (exact) mass is 366 g/mol. The van der Waals surface area contributed by atoms with E-state index >= 15 is 0 Å². The summed E-state index contributed by atoms with van der Waals surface area (Å²) in [6.07, 6.45) is 5.62. The molecule has 0 radical (unpaired) electrons. The molecule has 1 aliphatic rings. The van der Waals surface area contributed by atoms with Crippen LogP contribution >= 0.6 is 0 Å². The lowest BCUT2D eigenvalue weighted by atomic mass is 10.1. The number of hydrogen-bond donors (Lipinski definition) is 1. The maximum Gasteiger partial charge on any atom is 0.336 e. The van der Waals surface area contributed by atoms with E-state index in [0.717, 1.165) is 41.6 Å². The van der Waals surface area contributed by atoms with Gasteiger partial charge in [0.15, 0.2) is 0 Å². The number of benzene rings is 1. The summed E-state index contributed by atoms with van der Waals surface area (Å²) in [6.45, 7) is 5.18. The Balaban J connectivity index is 1.57. The standard InChI is InChI=1S/C20H22N4O3/c1-13-10-19(25)27-18-9-14(2)17(11-16(13)18)22-20(26)24-8-3-5-15(24)12-23-7-4-6-21-23/h4,6-7,9-11,15H,3,5,8,12H2,1-2H3,(H,22,26)/t15-/m1/s1. The van der Waals surface area contributed by atoms with E-state index in [4.69, 9.17) is 4.42 Å². The normalized spacial score (nSPS) is 16.8. The summed E-state index contributed by atoms with van der Waals surface area (Å²) in [5, 5.41) is 8.10. The number of likely N-dealkylation sites (tertiary alicyclic amines) is 1. The van der Waals surface area contributed by atoms with Crippen molar-refractivity contribution < 1.29 is 9.21 Å². The zero-order valence-electron chi connectivity index (χ0n) is 15.4. The van der Waals surface area contributed by atoms with Gasteiger partial charge in [0, 0.05) is 36.1 Å². The van der Waals surface area contributed by atoms with Gasteiger partial charge in [-0.05, 0) is 56.0 Å². The van der Waals surface area contributed by atoms with Crippen LogP contribution in [0.15, 0.2) is 45.9 Å². The maximum absolute atomic E-state index is 12.9. The third-order valence-corrected chi connectivity index (χ3v) is 5.13. The molecule has 1 N–H and O–H groups in total. The molecule has 0 saturated carbocycles. The first-order valence-electron chi connectivity index (χ1n) is 9.11. The number of anilines is 1. The van der Waals surface area contributed by atoms with Crippen LogP contribution in [0.5, 0.6) is 0 Å². The van der Waals surface area contributed by atoms with Crippen LogP contribution in [-0.4, -0.2) is 33.3 Å². The lowest BCUT2D eigenvalue weighted by Gasteiger charge is -2.25. The Morgan fingerprint density at radius 1 is 1.30 bits per heavy atom. The molecule has 0 spiro atoms. The van der Waals surface area contributed by atoms with Gasteiger partial charge < -0.3 is 14.6 Å². The molecule has 0 aliphatic carbocycles. The number of nitrogens with zero attached hydrogens (tertiary/aromatic N) is 3. The number of aromatic nitrogens is 2. The van der Waals surface area contributed by atoms with E-state index in [2.05, 4.69) is 10.4 Å². The summed E-state index contributed by atoms with van der Waals surface area (Å²) in [5.74, 6) is 0. The average Bonchev–Trinajstić information content (AvgIpc) is 3.28. The van der Waals surface area contributed by atoms with Crippen LogP contribution in [0.4, 0.5) is 10.5 Å². The van der Waals surface area contributed by atoms with Crippen molar-refractivity contribution in [2.45, 2.75) is 39.3 Å². The SMILES string of the molecule is Cc1cc2oc(=O)cc(C)c2cc1NC(=O)N1CCC[C@@H]1Cn1cccn1. The number of amides is 2. The molecule has 2 amide bonds. The van der Waals surface area contributed by atoms with Crippen molar-refractivity contribution in [1.29, 1.82) is 0 Å². The van der Waals surface area contributed by atoms with Crippen LogP contribution in [0, 0.1) is 13.8 Å². The molecule has 3 aromatic rings. The highest BCUT2D eigenvalue weighted by molar-refractivity contribution is 5.94. The highest BCUT2D eigenvalue weighted by Gasteiger charge is 2.29. The van der Waals surface area contributed by atoms with Gasteiger partial charge >= 0.3 is 11.7 Å². The average molecular weight is 366 g/mol. The largest absolute Gasteiger partial charge is 0.423 e. The van der Waals surface area contributed by atoms with Gasteiger partial charge in [-0.25, -0.2) is 9.59 Å². The van der Waals surface area contributed by atoms with Crippen LogP contribution in [-0.2, 0) is 6.54 Å². The van der Waals surface area contributed by atoms with Crippen LogP contribution in [0.1, 0.15) is 24.0 Å². The van der Waals surface area contributed by atoms with Crippen molar-refractivity contribution in [3.63, 3.8) is 0 Å². The van der Waals surface area contributed by atoms with Gasteiger partial charge in [-0.3, -0.25) is 4.68 Å². The van der Waals surface area contributed by atoms with Gasteiger partial charge in [-0.15, -0.1) is 0 Å². The Kier molecular flexibility index (Phi) is 4.43. The minimum absolute atomic E-state index is 0.109. The molecule has 0 unspecified atom stereocenters. The summed E-state index contributed by atoms with van der Waals surface area (Å²) >= 11 is 0. The number of rotatable bonds is 3. The number of carbonyl (C=O) groups is 1. The number of carbonyl (C=O) groups excluding carboxylic acids is 1. The van der Waals surface area contributed by atoms with Gasteiger partial charge in [0.25, 0.3) is 0 Å². The fourth-order valence-corrected chi connectivity index (χ4v) is 3.71. The maximum atomic E-state index is 12.9. The van der Waals surface area contributed by atoms with Gasteiger partial charge in [0.05, 0.1) is 12.6 Å². The molecular formula is C20H22N4O3. The van der Waals surface area contributed by atoms with Gasteiger partial charge in [-0.1, -0.05) is 0 Å². The van der Waals surface area contributed by atoms with E-state index in [1.807, 2.05) is 41.8 Å². The van der Waals surface area contributed by atoms with E-state index in [1.54, 1.807) is 12.3 Å². The molecule has 1 saturated heterocycles. The topological polar surface area (TPSA) is 80.4 Å². The molecule has 7 heteroatoms. The summed E-state index contributed by atoms with van der Waals surface area (Å²) in [7, 11) is 0. The minimum Gasteiger partial charge on any atom is -0.423 e.